The van der Waals surface area contributed by atoms with E-state index < -0.39 is 4.92 Å². The van der Waals surface area contributed by atoms with Crippen LogP contribution in [0.4, 0.5) is 15.8 Å². The second kappa shape index (κ2) is 12.3. The highest BCUT2D eigenvalue weighted by molar-refractivity contribution is 8.18. The van der Waals surface area contributed by atoms with E-state index in [0.29, 0.717) is 34.5 Å². The van der Waals surface area contributed by atoms with E-state index in [9.17, 15) is 19.3 Å². The molecule has 214 valence electrons. The number of amidine groups is 1. The summed E-state index contributed by atoms with van der Waals surface area (Å²) in [5, 5.41) is 12.7. The second-order valence-electron chi connectivity index (χ2n) is 9.83. The van der Waals surface area contributed by atoms with Crippen LogP contribution in [0.2, 0.25) is 0 Å². The van der Waals surface area contributed by atoms with Crippen molar-refractivity contribution in [3.63, 3.8) is 0 Å². The number of nitro benzene ring substituents is 1. The van der Waals surface area contributed by atoms with Gasteiger partial charge in [0, 0.05) is 35.8 Å². The Bertz CT molecular complexity index is 1870. The third kappa shape index (κ3) is 6.49. The molecule has 0 radical (unpaired) electrons. The fraction of sp³-hybridized carbons (Fsp3) is 0.0909. The van der Waals surface area contributed by atoms with Crippen molar-refractivity contribution in [3.8, 4) is 5.75 Å². The van der Waals surface area contributed by atoms with Crippen molar-refractivity contribution in [2.45, 2.75) is 13.0 Å². The zero-order valence-corrected chi connectivity index (χ0v) is 23.6. The number of hydrogen-bond acceptors (Lipinski definition) is 6. The first-order valence-electron chi connectivity index (χ1n) is 13.5. The van der Waals surface area contributed by atoms with E-state index in [1.54, 1.807) is 35.2 Å². The van der Waals surface area contributed by atoms with Gasteiger partial charge in [-0.3, -0.25) is 19.8 Å². The maximum Gasteiger partial charge on any atom is 0.269 e. The largest absolute Gasteiger partial charge is 0.489 e. The molecule has 10 heteroatoms. The summed E-state index contributed by atoms with van der Waals surface area (Å²) >= 11 is 1.25. The molecule has 5 aromatic rings. The van der Waals surface area contributed by atoms with Crippen molar-refractivity contribution < 1.29 is 18.8 Å². The Kier molecular flexibility index (Phi) is 8.01. The maximum atomic E-state index is 13.7. The number of aliphatic imine (C=N–C) groups is 1. The molecule has 0 atom stereocenters. The zero-order chi connectivity index (χ0) is 29.8. The summed E-state index contributed by atoms with van der Waals surface area (Å²) in [6.07, 6.45) is 4.37. The van der Waals surface area contributed by atoms with Gasteiger partial charge in [0.05, 0.1) is 15.5 Å². The van der Waals surface area contributed by atoms with Gasteiger partial charge in [-0.25, -0.2) is 9.38 Å². The molecule has 4 aromatic carbocycles. The normalized spacial score (nSPS) is 15.1. The molecule has 0 unspecified atom stereocenters. The summed E-state index contributed by atoms with van der Waals surface area (Å²) in [5.41, 5.74) is 4.21. The number of non-ortho nitro benzene ring substituents is 1. The molecule has 1 fully saturated rings. The molecular formula is C33H25FN4O4S. The Morgan fingerprint density at radius 2 is 1.79 bits per heavy atom. The summed E-state index contributed by atoms with van der Waals surface area (Å²) in [5.74, 6) is 0.135. The van der Waals surface area contributed by atoms with Crippen LogP contribution in [0.15, 0.2) is 113 Å². The number of carbonyl (C=O) groups excluding carboxylic acids is 1. The van der Waals surface area contributed by atoms with Crippen molar-refractivity contribution in [2.24, 2.45) is 4.99 Å². The topological polar surface area (TPSA) is 101 Å². The molecule has 1 amide bonds. The quantitative estimate of drug-likeness (QED) is 0.108. The number of nitrogens with one attached hydrogen (secondary N) is 1. The van der Waals surface area contributed by atoms with E-state index in [4.69, 9.17) is 9.73 Å². The van der Waals surface area contributed by atoms with Gasteiger partial charge in [-0.2, -0.15) is 0 Å². The number of nitrogens with zero attached hydrogens (tertiary/aromatic N) is 3. The number of aromatic amines is 1. The lowest BCUT2D eigenvalue weighted by molar-refractivity contribution is -0.384. The lowest BCUT2D eigenvalue weighted by Gasteiger charge is -2.15. The molecule has 8 nitrogen and oxygen atoms in total. The average Bonchev–Trinajstić information content (AvgIpc) is 3.56. The maximum absolute atomic E-state index is 13.7. The summed E-state index contributed by atoms with van der Waals surface area (Å²) in [6, 6.07) is 27.4. The lowest BCUT2D eigenvalue weighted by atomic mass is 10.1. The van der Waals surface area contributed by atoms with Crippen LogP contribution >= 0.6 is 11.8 Å². The van der Waals surface area contributed by atoms with E-state index in [0.717, 1.165) is 27.6 Å². The smallest absolute Gasteiger partial charge is 0.269 e. The number of hydrogen-bond donors (Lipinski definition) is 1. The van der Waals surface area contributed by atoms with E-state index >= 15 is 0 Å². The lowest BCUT2D eigenvalue weighted by Crippen LogP contribution is -2.31. The third-order valence-electron chi connectivity index (χ3n) is 6.93. The van der Waals surface area contributed by atoms with E-state index in [2.05, 4.69) is 4.98 Å². The first-order chi connectivity index (χ1) is 20.9. The van der Waals surface area contributed by atoms with Gasteiger partial charge < -0.3 is 9.72 Å². The zero-order valence-electron chi connectivity index (χ0n) is 22.8. The number of amides is 1. The fourth-order valence-corrected chi connectivity index (χ4v) is 5.74. The highest BCUT2D eigenvalue weighted by Crippen LogP contribution is 2.35. The minimum Gasteiger partial charge on any atom is -0.489 e. The number of aromatic nitrogens is 1. The fourth-order valence-electron chi connectivity index (χ4n) is 4.71. The molecule has 1 N–H and O–H groups in total. The number of H-pyrrole nitrogens is 1. The van der Waals surface area contributed by atoms with Crippen LogP contribution in [0.3, 0.4) is 0 Å². The molecular weight excluding hydrogens is 567 g/mol. The summed E-state index contributed by atoms with van der Waals surface area (Å²) in [4.78, 5) is 34.4. The minimum atomic E-state index is -0.462. The van der Waals surface area contributed by atoms with Gasteiger partial charge in [-0.05, 0) is 83.4 Å². The minimum absolute atomic E-state index is 0.0302. The van der Waals surface area contributed by atoms with Gasteiger partial charge in [0.1, 0.15) is 18.2 Å². The molecule has 6 rings (SSSR count). The molecule has 43 heavy (non-hydrogen) atoms. The van der Waals surface area contributed by atoms with Crippen LogP contribution in [0, 0.1) is 15.9 Å². The molecule has 0 saturated carbocycles. The summed E-state index contributed by atoms with van der Waals surface area (Å²) < 4.78 is 19.1. The Balaban J connectivity index is 1.25. The molecule has 0 spiro atoms. The number of rotatable bonds is 9. The van der Waals surface area contributed by atoms with Crippen molar-refractivity contribution in [2.75, 3.05) is 6.54 Å². The highest BCUT2D eigenvalue weighted by atomic mass is 32.2. The number of para-hydroxylation sites is 1. The monoisotopic (exact) mass is 592 g/mol. The van der Waals surface area contributed by atoms with Crippen LogP contribution in [-0.2, 0) is 17.8 Å². The Morgan fingerprint density at radius 1 is 1.00 bits per heavy atom. The number of fused-ring (bicyclic) bond motifs is 1. The average molecular weight is 593 g/mol. The number of halogens is 1. The van der Waals surface area contributed by atoms with Crippen molar-refractivity contribution in [3.05, 3.63) is 141 Å². The SMILES string of the molecule is O=C1/C(=C/c2cccc(OCc3ccc(F)cc3)c2)SC(=Nc2ccc([N+](=O)[O-])cc2)N1CCc1c[nH]c2ccccc12. The summed E-state index contributed by atoms with van der Waals surface area (Å²) in [6.45, 7) is 0.680. The molecule has 0 aliphatic carbocycles. The van der Waals surface area contributed by atoms with Gasteiger partial charge in [0.15, 0.2) is 5.17 Å². The first-order valence-corrected chi connectivity index (χ1v) is 14.3. The van der Waals surface area contributed by atoms with Gasteiger partial charge in [-0.15, -0.1) is 0 Å². The van der Waals surface area contributed by atoms with E-state index in [-0.39, 0.29) is 24.0 Å². The molecule has 1 aromatic heterocycles. The molecule has 1 aliphatic heterocycles. The van der Waals surface area contributed by atoms with Crippen LogP contribution in [-0.4, -0.2) is 32.4 Å². The number of nitro groups is 1. The van der Waals surface area contributed by atoms with Gasteiger partial charge in [0.2, 0.25) is 0 Å². The van der Waals surface area contributed by atoms with Crippen LogP contribution in [0.5, 0.6) is 5.75 Å². The van der Waals surface area contributed by atoms with Crippen LogP contribution in [0.1, 0.15) is 16.7 Å². The first kappa shape index (κ1) is 27.9. The molecule has 0 bridgehead atoms. The van der Waals surface area contributed by atoms with Gasteiger partial charge in [0.25, 0.3) is 11.6 Å². The Morgan fingerprint density at radius 3 is 2.58 bits per heavy atom. The molecule has 1 saturated heterocycles. The molecule has 1 aliphatic rings. The number of thioether (sulfide) groups is 1. The Hall–Kier alpha value is -5.22. The highest BCUT2D eigenvalue weighted by Gasteiger charge is 2.33. The second-order valence-corrected chi connectivity index (χ2v) is 10.8. The number of carbonyl (C=O) groups is 1. The van der Waals surface area contributed by atoms with Crippen molar-refractivity contribution in [1.29, 1.82) is 0 Å². The molecule has 2 heterocycles. The van der Waals surface area contributed by atoms with Crippen molar-refractivity contribution in [1.82, 2.24) is 9.88 Å². The van der Waals surface area contributed by atoms with Crippen molar-refractivity contribution >= 4 is 51.2 Å². The number of benzene rings is 4. The Labute approximate surface area is 250 Å². The van der Waals surface area contributed by atoms with Gasteiger partial charge in [-0.1, -0.05) is 42.5 Å². The van der Waals surface area contributed by atoms with Crippen LogP contribution in [0.25, 0.3) is 17.0 Å². The predicted molar refractivity (Wildman–Crippen MR) is 167 cm³/mol. The van der Waals surface area contributed by atoms with E-state index in [1.165, 1.54) is 36.0 Å². The van der Waals surface area contributed by atoms with Gasteiger partial charge >= 0.3 is 0 Å². The summed E-state index contributed by atoms with van der Waals surface area (Å²) in [7, 11) is 0. The predicted octanol–water partition coefficient (Wildman–Crippen LogP) is 7.64. The number of ether oxygens (including phenoxy) is 1. The standard InChI is InChI=1S/C33H25FN4O4S/c34-25-10-8-22(9-11-25)21-42-28-5-3-4-23(18-28)19-31-32(39)37(17-16-24-20-35-30-7-2-1-6-29(24)30)33(43-31)36-26-12-14-27(15-13-26)38(40)41/h1-15,18-20,35H,16-17,21H2/b31-19-,36-33?. The third-order valence-corrected chi connectivity index (χ3v) is 7.93. The van der Waals surface area contributed by atoms with E-state index in [1.807, 2.05) is 54.7 Å². The van der Waals surface area contributed by atoms with Crippen LogP contribution < -0.4 is 4.74 Å².